The molecule has 3 aromatic rings. The van der Waals surface area contributed by atoms with Crippen molar-refractivity contribution in [3.63, 3.8) is 0 Å². The summed E-state index contributed by atoms with van der Waals surface area (Å²) in [5.41, 5.74) is 2.95. The zero-order valence-corrected chi connectivity index (χ0v) is 18.5. The van der Waals surface area contributed by atoms with Crippen molar-refractivity contribution in [2.75, 3.05) is 37.0 Å². The Balaban J connectivity index is 1.73. The van der Waals surface area contributed by atoms with Crippen LogP contribution < -0.4 is 15.0 Å². The average Bonchev–Trinajstić information content (AvgIpc) is 3.11. The van der Waals surface area contributed by atoms with E-state index in [-0.39, 0.29) is 11.4 Å². The van der Waals surface area contributed by atoms with Crippen LogP contribution in [0, 0.1) is 0 Å². The van der Waals surface area contributed by atoms with Crippen molar-refractivity contribution in [2.45, 2.75) is 37.5 Å². The minimum Gasteiger partial charge on any atom is -0.549 e. The summed E-state index contributed by atoms with van der Waals surface area (Å²) in [6, 6.07) is 0. The molecule has 0 spiro atoms. The maximum atomic E-state index is 11.0. The van der Waals surface area contributed by atoms with Crippen LogP contribution >= 0.6 is 23.1 Å². The average molecular weight is 447 g/mol. The fourth-order valence-corrected chi connectivity index (χ4v) is 6.05. The number of pyridine rings is 1. The van der Waals surface area contributed by atoms with Crippen LogP contribution in [0.3, 0.4) is 0 Å². The number of ether oxygens (including phenoxy) is 2. The van der Waals surface area contributed by atoms with E-state index in [1.807, 2.05) is 0 Å². The summed E-state index contributed by atoms with van der Waals surface area (Å²) in [7, 11) is 0. The number of carboxylic acids is 1. The van der Waals surface area contributed by atoms with Crippen molar-refractivity contribution in [1.29, 1.82) is 0 Å². The Hall–Kier alpha value is -2.01. The van der Waals surface area contributed by atoms with Gasteiger partial charge in [0.05, 0.1) is 36.8 Å². The highest BCUT2D eigenvalue weighted by Crippen LogP contribution is 2.44. The first-order chi connectivity index (χ1) is 14.4. The number of rotatable bonds is 4. The number of carbonyl (C=O) groups excluding carboxylic acids is 1. The zero-order valence-electron chi connectivity index (χ0n) is 16.8. The molecule has 0 radical (unpaired) electrons. The standard InChI is InChI=1S/C20H22N4O4S2/c1-20(2)7-11-12(8-28-20)17(24-3-5-27-6-4-24)23-18-14(11)15-16(30-18)19(22-10-21-15)29-9-13(25)26/h10H,3-9H2,1-2H3,(H,25,26). The molecule has 30 heavy (non-hydrogen) atoms. The fraction of sp³-hybridized carbons (Fsp3) is 0.500. The summed E-state index contributed by atoms with van der Waals surface area (Å²) in [5, 5.41) is 12.8. The largest absolute Gasteiger partial charge is 0.549 e. The number of carboxylic acid groups (broad SMARTS) is 1. The van der Waals surface area contributed by atoms with Gasteiger partial charge in [-0.25, -0.2) is 9.97 Å². The molecule has 1 fully saturated rings. The Labute approximate surface area is 181 Å². The van der Waals surface area contributed by atoms with Gasteiger partial charge >= 0.3 is 0 Å². The van der Waals surface area contributed by atoms with Gasteiger partial charge in [-0.15, -0.1) is 11.3 Å². The number of hydrogen-bond donors (Lipinski definition) is 0. The van der Waals surface area contributed by atoms with E-state index in [1.54, 1.807) is 17.7 Å². The second-order valence-electron chi connectivity index (χ2n) is 8.07. The summed E-state index contributed by atoms with van der Waals surface area (Å²) >= 11 is 2.77. The lowest BCUT2D eigenvalue weighted by molar-refractivity contribution is -0.427. The molecule has 1 saturated heterocycles. The number of nitrogens with one attached hydrogen (secondary N) is 1. The number of aromatic amines is 1. The third kappa shape index (κ3) is 3.51. The molecule has 0 bridgehead atoms. The summed E-state index contributed by atoms with van der Waals surface area (Å²) in [4.78, 5) is 26.9. The minimum atomic E-state index is -1.09. The van der Waals surface area contributed by atoms with Crippen LogP contribution in [0.4, 0.5) is 5.82 Å². The van der Waals surface area contributed by atoms with Crippen LogP contribution in [0.5, 0.6) is 0 Å². The summed E-state index contributed by atoms with van der Waals surface area (Å²) < 4.78 is 12.6. The van der Waals surface area contributed by atoms with Gasteiger partial charge in [-0.2, -0.15) is 0 Å². The van der Waals surface area contributed by atoms with E-state index >= 15 is 0 Å². The number of thioether (sulfide) groups is 1. The predicted octanol–water partition coefficient (Wildman–Crippen LogP) is 1.19. The van der Waals surface area contributed by atoms with Crippen LogP contribution in [-0.4, -0.2) is 53.6 Å². The molecule has 3 aromatic heterocycles. The van der Waals surface area contributed by atoms with Crippen molar-refractivity contribution in [1.82, 2.24) is 9.97 Å². The van der Waals surface area contributed by atoms with E-state index < -0.39 is 5.97 Å². The van der Waals surface area contributed by atoms with Gasteiger partial charge in [0, 0.05) is 30.8 Å². The topological polar surface area (TPSA) is 102 Å². The van der Waals surface area contributed by atoms with E-state index in [2.05, 4.69) is 28.7 Å². The highest BCUT2D eigenvalue weighted by molar-refractivity contribution is 8.00. The monoisotopic (exact) mass is 446 g/mol. The van der Waals surface area contributed by atoms with Crippen molar-refractivity contribution < 1.29 is 24.4 Å². The second kappa shape index (κ2) is 7.60. The van der Waals surface area contributed by atoms with Crippen LogP contribution in [0.1, 0.15) is 25.0 Å². The van der Waals surface area contributed by atoms with Gasteiger partial charge in [0.15, 0.2) is 5.03 Å². The molecule has 0 amide bonds. The predicted molar refractivity (Wildman–Crippen MR) is 113 cm³/mol. The molecule has 0 aliphatic carbocycles. The van der Waals surface area contributed by atoms with Crippen molar-refractivity contribution in [2.24, 2.45) is 0 Å². The molecule has 158 valence electrons. The van der Waals surface area contributed by atoms with Crippen LogP contribution in [-0.2, 0) is 27.3 Å². The first kappa shape index (κ1) is 19.9. The number of aromatic nitrogens is 3. The molecule has 0 aromatic carbocycles. The van der Waals surface area contributed by atoms with Gasteiger partial charge < -0.3 is 24.3 Å². The molecular weight excluding hydrogens is 424 g/mol. The summed E-state index contributed by atoms with van der Waals surface area (Å²) in [6.07, 6.45) is 2.39. The molecule has 5 rings (SSSR count). The molecule has 0 unspecified atom stereocenters. The SMILES string of the molecule is CC1(C)Cc2c(c(N3CCOCC3)nc3sc4c(SCC(=O)[O-])[nH+]cnc4c23)CO1. The number of nitrogens with zero attached hydrogens (tertiary/aromatic N) is 3. The normalized spacial score (nSPS) is 18.7. The van der Waals surface area contributed by atoms with Crippen LogP contribution in [0.25, 0.3) is 20.4 Å². The van der Waals surface area contributed by atoms with E-state index in [4.69, 9.17) is 14.5 Å². The maximum absolute atomic E-state index is 11.0. The highest BCUT2D eigenvalue weighted by atomic mass is 32.2. The van der Waals surface area contributed by atoms with Gasteiger partial charge in [0.1, 0.15) is 15.3 Å². The summed E-state index contributed by atoms with van der Waals surface area (Å²) in [5.74, 6) is -0.241. The van der Waals surface area contributed by atoms with E-state index in [0.29, 0.717) is 19.8 Å². The van der Waals surface area contributed by atoms with Gasteiger partial charge in [-0.3, -0.25) is 0 Å². The Morgan fingerprint density at radius 3 is 2.93 bits per heavy atom. The third-order valence-electron chi connectivity index (χ3n) is 5.46. The molecule has 5 heterocycles. The van der Waals surface area contributed by atoms with Gasteiger partial charge in [-0.1, -0.05) is 11.8 Å². The van der Waals surface area contributed by atoms with E-state index in [1.165, 1.54) is 17.3 Å². The number of H-pyrrole nitrogens is 1. The lowest BCUT2D eigenvalue weighted by atomic mass is 9.90. The smallest absolute Gasteiger partial charge is 0.285 e. The lowest BCUT2D eigenvalue weighted by Crippen LogP contribution is -2.39. The minimum absolute atomic E-state index is 0.116. The molecule has 0 atom stereocenters. The van der Waals surface area contributed by atoms with Crippen molar-refractivity contribution in [3.05, 3.63) is 17.5 Å². The molecule has 2 aliphatic rings. The highest BCUT2D eigenvalue weighted by Gasteiger charge is 2.34. The molecule has 0 saturated carbocycles. The number of carbonyl (C=O) groups is 1. The Morgan fingerprint density at radius 1 is 1.37 bits per heavy atom. The quantitative estimate of drug-likeness (QED) is 0.435. The number of aliphatic carboxylic acids is 1. The Kier molecular flexibility index (Phi) is 5.04. The third-order valence-corrected chi connectivity index (χ3v) is 7.67. The summed E-state index contributed by atoms with van der Waals surface area (Å²) in [6.45, 7) is 7.71. The first-order valence-corrected chi connectivity index (χ1v) is 11.7. The number of anilines is 1. The number of thiophene rings is 1. The van der Waals surface area contributed by atoms with E-state index in [9.17, 15) is 9.90 Å². The lowest BCUT2D eigenvalue weighted by Gasteiger charge is -2.36. The fourth-order valence-electron chi connectivity index (χ4n) is 4.08. The van der Waals surface area contributed by atoms with Crippen LogP contribution in [0.15, 0.2) is 11.4 Å². The number of hydrogen-bond acceptors (Lipinski definition) is 9. The van der Waals surface area contributed by atoms with Crippen molar-refractivity contribution >= 4 is 55.3 Å². The second-order valence-corrected chi connectivity index (χ2v) is 10.1. The number of fused-ring (bicyclic) bond motifs is 5. The molecular formula is C20H22N4O4S2. The molecule has 10 heteroatoms. The molecule has 1 N–H and O–H groups in total. The van der Waals surface area contributed by atoms with Gasteiger partial charge in [-0.05, 0) is 24.4 Å². The zero-order chi connectivity index (χ0) is 20.9. The number of morpholine rings is 1. The van der Waals surface area contributed by atoms with Gasteiger partial charge in [0.25, 0.3) is 6.33 Å². The molecule has 2 aliphatic heterocycles. The van der Waals surface area contributed by atoms with Crippen molar-refractivity contribution in [3.8, 4) is 0 Å². The van der Waals surface area contributed by atoms with Gasteiger partial charge in [0.2, 0.25) is 5.52 Å². The maximum Gasteiger partial charge on any atom is 0.285 e. The Morgan fingerprint density at radius 2 is 2.17 bits per heavy atom. The van der Waals surface area contributed by atoms with E-state index in [0.717, 1.165) is 56.4 Å². The Bertz CT molecular complexity index is 1140. The van der Waals surface area contributed by atoms with Crippen LogP contribution in [0.2, 0.25) is 0 Å². The first-order valence-electron chi connectivity index (χ1n) is 9.87. The molecule has 8 nitrogen and oxygen atoms in total.